The smallest absolute Gasteiger partial charge is 0.343 e. The number of hydrogen-bond donors (Lipinski definition) is 1. The lowest BCUT2D eigenvalue weighted by Gasteiger charge is -2.39. The second-order valence-electron chi connectivity index (χ2n) is 6.04. The molecule has 1 fully saturated rings. The second kappa shape index (κ2) is 5.23. The summed E-state index contributed by atoms with van der Waals surface area (Å²) < 4.78 is 19.6. The zero-order chi connectivity index (χ0) is 15.9. The van der Waals surface area contributed by atoms with Gasteiger partial charge < -0.3 is 9.72 Å². The van der Waals surface area contributed by atoms with Gasteiger partial charge in [-0.3, -0.25) is 4.79 Å². The molecule has 1 aromatic carbocycles. The van der Waals surface area contributed by atoms with Crippen LogP contribution < -0.4 is 5.56 Å². The van der Waals surface area contributed by atoms with Crippen LogP contribution in [0.25, 0.3) is 10.9 Å². The Kier molecular flexibility index (Phi) is 3.51. The van der Waals surface area contributed by atoms with Crippen LogP contribution in [0, 0.1) is 5.82 Å². The molecule has 0 spiro atoms. The molecule has 5 heteroatoms. The van der Waals surface area contributed by atoms with Crippen LogP contribution in [0.2, 0.25) is 0 Å². The molecule has 1 aliphatic carbocycles. The zero-order valence-electron chi connectivity index (χ0n) is 12.7. The Morgan fingerprint density at radius 3 is 2.73 bits per heavy atom. The summed E-state index contributed by atoms with van der Waals surface area (Å²) in [5.74, 6) is -1.09. The molecule has 1 saturated carbocycles. The number of aromatic amines is 1. The molecule has 0 amide bonds. The molecule has 3 rings (SSSR count). The van der Waals surface area contributed by atoms with Crippen LogP contribution in [-0.4, -0.2) is 17.6 Å². The quantitative estimate of drug-likeness (QED) is 0.885. The highest BCUT2D eigenvalue weighted by atomic mass is 19.1. The molecule has 1 aromatic heterocycles. The minimum atomic E-state index is -0.693. The van der Waals surface area contributed by atoms with E-state index < -0.39 is 17.3 Å². The number of nitrogens with one attached hydrogen (secondary N) is 1. The van der Waals surface area contributed by atoms with Crippen molar-refractivity contribution in [1.82, 2.24) is 4.98 Å². The van der Waals surface area contributed by atoms with E-state index >= 15 is 0 Å². The number of aromatic nitrogens is 1. The number of halogens is 1. The van der Waals surface area contributed by atoms with Crippen LogP contribution >= 0.6 is 0 Å². The third kappa shape index (κ3) is 2.21. The maximum absolute atomic E-state index is 14.8. The highest BCUT2D eigenvalue weighted by molar-refractivity contribution is 5.93. The number of benzene rings is 1. The Bertz CT molecular complexity index is 805. The first-order valence-corrected chi connectivity index (χ1v) is 7.49. The summed E-state index contributed by atoms with van der Waals surface area (Å²) in [7, 11) is 0. The predicted octanol–water partition coefficient (Wildman–Crippen LogP) is 3.29. The van der Waals surface area contributed by atoms with E-state index in [0.717, 1.165) is 19.3 Å². The second-order valence-corrected chi connectivity index (χ2v) is 6.04. The number of rotatable bonds is 3. The van der Waals surface area contributed by atoms with Crippen molar-refractivity contribution >= 4 is 16.9 Å². The lowest BCUT2D eigenvalue weighted by Crippen LogP contribution is -2.31. The van der Waals surface area contributed by atoms with E-state index in [-0.39, 0.29) is 23.1 Å². The van der Waals surface area contributed by atoms with E-state index in [4.69, 9.17) is 4.74 Å². The summed E-state index contributed by atoms with van der Waals surface area (Å²) in [4.78, 5) is 26.3. The predicted molar refractivity (Wildman–Crippen MR) is 81.7 cm³/mol. The standard InChI is InChI=1S/C17H18FNO3/c1-3-22-16(21)11-9-10-5-6-12(17(2)7-4-8-17)13(18)14(10)19-15(11)20/h5-6,9H,3-4,7-8H2,1-2H3,(H,19,20). The fraction of sp³-hybridized carbons (Fsp3) is 0.412. The number of fused-ring (bicyclic) bond motifs is 1. The number of ether oxygens (including phenoxy) is 1. The van der Waals surface area contributed by atoms with Gasteiger partial charge in [-0.2, -0.15) is 0 Å². The Balaban J connectivity index is 2.15. The minimum Gasteiger partial charge on any atom is -0.462 e. The van der Waals surface area contributed by atoms with Crippen molar-refractivity contribution in [2.45, 2.75) is 38.5 Å². The van der Waals surface area contributed by atoms with Gasteiger partial charge in [0.1, 0.15) is 5.56 Å². The molecule has 0 radical (unpaired) electrons. The molecule has 22 heavy (non-hydrogen) atoms. The SMILES string of the molecule is CCOC(=O)c1cc2ccc(C3(C)CCC3)c(F)c2[nH]c1=O. The molecular weight excluding hydrogens is 285 g/mol. The summed E-state index contributed by atoms with van der Waals surface area (Å²) in [6.45, 7) is 3.88. The molecule has 0 saturated heterocycles. The molecule has 0 atom stereocenters. The zero-order valence-corrected chi connectivity index (χ0v) is 12.7. The summed E-state index contributed by atoms with van der Waals surface area (Å²) in [5, 5.41) is 0.492. The van der Waals surface area contributed by atoms with Gasteiger partial charge in [0, 0.05) is 5.39 Å². The molecule has 1 aliphatic rings. The number of H-pyrrole nitrogens is 1. The van der Waals surface area contributed by atoms with E-state index in [1.165, 1.54) is 6.07 Å². The Hall–Kier alpha value is -2.17. The lowest BCUT2D eigenvalue weighted by atomic mass is 9.66. The van der Waals surface area contributed by atoms with Gasteiger partial charge in [0.2, 0.25) is 0 Å². The van der Waals surface area contributed by atoms with Crippen LogP contribution in [0.5, 0.6) is 0 Å². The topological polar surface area (TPSA) is 59.2 Å². The van der Waals surface area contributed by atoms with Gasteiger partial charge in [0.25, 0.3) is 5.56 Å². The summed E-state index contributed by atoms with van der Waals surface area (Å²) >= 11 is 0. The third-order valence-corrected chi connectivity index (χ3v) is 4.56. The van der Waals surface area contributed by atoms with Gasteiger partial charge in [0.15, 0.2) is 5.82 Å². The van der Waals surface area contributed by atoms with Gasteiger partial charge in [0.05, 0.1) is 12.1 Å². The molecule has 0 bridgehead atoms. The van der Waals surface area contributed by atoms with E-state index in [1.54, 1.807) is 19.1 Å². The number of carbonyl (C=O) groups is 1. The van der Waals surface area contributed by atoms with Crippen molar-refractivity contribution in [1.29, 1.82) is 0 Å². The monoisotopic (exact) mass is 303 g/mol. The third-order valence-electron chi connectivity index (χ3n) is 4.56. The number of esters is 1. The summed E-state index contributed by atoms with van der Waals surface area (Å²) in [6, 6.07) is 4.89. The van der Waals surface area contributed by atoms with Gasteiger partial charge in [-0.05, 0) is 36.8 Å². The normalized spacial score (nSPS) is 16.3. The molecule has 0 unspecified atom stereocenters. The average molecular weight is 303 g/mol. The fourth-order valence-corrected chi connectivity index (χ4v) is 3.04. The van der Waals surface area contributed by atoms with Gasteiger partial charge in [-0.15, -0.1) is 0 Å². The fourth-order valence-electron chi connectivity index (χ4n) is 3.04. The molecule has 1 heterocycles. The first kappa shape index (κ1) is 14.8. The summed E-state index contributed by atoms with van der Waals surface area (Å²) in [6.07, 6.45) is 2.98. The minimum absolute atomic E-state index is 0.101. The average Bonchev–Trinajstić information content (AvgIpc) is 2.45. The molecule has 4 nitrogen and oxygen atoms in total. The first-order chi connectivity index (χ1) is 10.5. The van der Waals surface area contributed by atoms with Crippen LogP contribution in [0.3, 0.4) is 0 Å². The maximum Gasteiger partial charge on any atom is 0.343 e. The highest BCUT2D eigenvalue weighted by Crippen LogP contribution is 2.44. The van der Waals surface area contributed by atoms with Crippen LogP contribution in [0.4, 0.5) is 4.39 Å². The summed E-state index contributed by atoms with van der Waals surface area (Å²) in [5.41, 5.74) is -0.0961. The van der Waals surface area contributed by atoms with Crippen molar-refractivity contribution in [2.24, 2.45) is 0 Å². The van der Waals surface area contributed by atoms with Crippen molar-refractivity contribution < 1.29 is 13.9 Å². The van der Waals surface area contributed by atoms with Crippen molar-refractivity contribution in [3.63, 3.8) is 0 Å². The maximum atomic E-state index is 14.8. The number of carbonyl (C=O) groups excluding carboxylic acids is 1. The molecule has 1 N–H and O–H groups in total. The Morgan fingerprint density at radius 1 is 1.41 bits per heavy atom. The Labute approximate surface area is 127 Å². The number of hydrogen-bond acceptors (Lipinski definition) is 3. The van der Waals surface area contributed by atoms with Gasteiger partial charge in [-0.1, -0.05) is 25.5 Å². The molecular formula is C17H18FNO3. The molecule has 2 aromatic rings. The van der Waals surface area contributed by atoms with E-state index in [9.17, 15) is 14.0 Å². The Morgan fingerprint density at radius 2 is 2.14 bits per heavy atom. The first-order valence-electron chi connectivity index (χ1n) is 7.49. The van der Waals surface area contributed by atoms with Crippen molar-refractivity contribution in [3.8, 4) is 0 Å². The largest absolute Gasteiger partial charge is 0.462 e. The van der Waals surface area contributed by atoms with E-state index in [2.05, 4.69) is 4.98 Å². The van der Waals surface area contributed by atoms with Gasteiger partial charge >= 0.3 is 5.97 Å². The molecule has 116 valence electrons. The van der Waals surface area contributed by atoms with Crippen LogP contribution in [0.15, 0.2) is 23.0 Å². The van der Waals surface area contributed by atoms with Crippen molar-refractivity contribution in [3.05, 3.63) is 45.5 Å². The van der Waals surface area contributed by atoms with E-state index in [1.807, 2.05) is 6.92 Å². The highest BCUT2D eigenvalue weighted by Gasteiger charge is 2.36. The van der Waals surface area contributed by atoms with E-state index in [0.29, 0.717) is 10.9 Å². The van der Waals surface area contributed by atoms with Crippen LogP contribution in [0.1, 0.15) is 49.0 Å². The van der Waals surface area contributed by atoms with Crippen LogP contribution in [-0.2, 0) is 10.2 Å². The van der Waals surface area contributed by atoms with Crippen molar-refractivity contribution in [2.75, 3.05) is 6.61 Å². The molecule has 0 aliphatic heterocycles. The number of pyridine rings is 1. The lowest BCUT2D eigenvalue weighted by molar-refractivity contribution is 0.0524. The van der Waals surface area contributed by atoms with Gasteiger partial charge in [-0.25, -0.2) is 9.18 Å².